The van der Waals surface area contributed by atoms with E-state index in [4.69, 9.17) is 8.42 Å². The van der Waals surface area contributed by atoms with E-state index in [0.29, 0.717) is 28.5 Å². The Bertz CT molecular complexity index is 1040. The molecule has 0 saturated carbocycles. The molecule has 0 spiro atoms. The number of carboxylic acid groups (broad SMARTS) is 1. The number of ketones is 1. The van der Waals surface area contributed by atoms with E-state index >= 15 is 0 Å². The Morgan fingerprint density at radius 2 is 1.71 bits per heavy atom. The Morgan fingerprint density at radius 1 is 1.15 bits per heavy atom. The second kappa shape index (κ2) is 15.8. The third kappa shape index (κ3) is 10.5. The summed E-state index contributed by atoms with van der Waals surface area (Å²) < 4.78 is 30.0. The van der Waals surface area contributed by atoms with Gasteiger partial charge < -0.3 is 19.9 Å². The summed E-state index contributed by atoms with van der Waals surface area (Å²) in [5, 5.41) is 20.2. The Kier molecular flexibility index (Phi) is 14.8. The summed E-state index contributed by atoms with van der Waals surface area (Å²) in [5.41, 5.74) is 2.50. The quantitative estimate of drug-likeness (QED) is 0.378. The van der Waals surface area contributed by atoms with Gasteiger partial charge in [-0.3, -0.25) is 4.79 Å². The summed E-state index contributed by atoms with van der Waals surface area (Å²) in [6, 6.07) is 5.86. The third-order valence-corrected chi connectivity index (χ3v) is 4.30. The van der Waals surface area contributed by atoms with Crippen molar-refractivity contribution in [3.05, 3.63) is 47.4 Å². The first-order valence-corrected chi connectivity index (χ1v) is 10.5. The van der Waals surface area contributed by atoms with Crippen LogP contribution in [-0.4, -0.2) is 93.2 Å². The molecular weight excluding hydrogens is 493 g/mol. The van der Waals surface area contributed by atoms with Gasteiger partial charge in [-0.25, -0.2) is 14.4 Å². The number of rotatable bonds is 9. The minimum absolute atomic E-state index is 0. The van der Waals surface area contributed by atoms with Gasteiger partial charge >= 0.3 is 49.3 Å². The van der Waals surface area contributed by atoms with Crippen LogP contribution in [0.25, 0.3) is 17.3 Å². The maximum Gasteiger partial charge on any atom is 2.00 e. The smallest absolute Gasteiger partial charge is 0.550 e. The van der Waals surface area contributed by atoms with Gasteiger partial charge in [0.2, 0.25) is 5.95 Å². The minimum Gasteiger partial charge on any atom is -0.550 e. The molecule has 2 rings (SSSR count). The number of carbonyl (C=O) groups is 2. The maximum absolute atomic E-state index is 13.4. The van der Waals surface area contributed by atoms with Crippen molar-refractivity contribution in [2.24, 2.45) is 0 Å². The fraction of sp³-hybridized carbons (Fsp3) is 0.364. The van der Waals surface area contributed by atoms with Crippen LogP contribution in [-0.2, 0) is 21.2 Å². The number of allylic oxidation sites excluding steroid dienone is 1. The van der Waals surface area contributed by atoms with Gasteiger partial charge in [0.1, 0.15) is 5.82 Å². The fourth-order valence-corrected chi connectivity index (χ4v) is 2.85. The predicted octanol–water partition coefficient (Wildman–Crippen LogP) is 0.894. The summed E-state index contributed by atoms with van der Waals surface area (Å²) in [4.78, 5) is 33.7. The molecule has 1 N–H and O–H groups in total. The van der Waals surface area contributed by atoms with Crippen molar-refractivity contribution in [1.82, 2.24) is 9.97 Å². The molecule has 178 valence electrons. The summed E-state index contributed by atoms with van der Waals surface area (Å²) in [5.74, 6) is -1.76. The number of carbonyl (C=O) groups excluding carboxylic acids is 2. The van der Waals surface area contributed by atoms with Crippen molar-refractivity contribution in [1.29, 1.82) is 0 Å². The van der Waals surface area contributed by atoms with E-state index in [2.05, 4.69) is 9.97 Å². The van der Waals surface area contributed by atoms with Crippen molar-refractivity contribution in [2.75, 3.05) is 19.0 Å². The van der Waals surface area contributed by atoms with Gasteiger partial charge in [-0.05, 0) is 42.3 Å². The number of aliphatic hydroxyl groups excluding tert-OH is 1. The van der Waals surface area contributed by atoms with Gasteiger partial charge in [0, 0.05) is 44.0 Å². The van der Waals surface area contributed by atoms with Crippen LogP contribution in [0.2, 0.25) is 0 Å². The molecule has 0 bridgehead atoms. The summed E-state index contributed by atoms with van der Waals surface area (Å²) in [7, 11) is 3.62. The summed E-state index contributed by atoms with van der Waals surface area (Å²) in [6.45, 7) is 3.91. The fourth-order valence-electron chi connectivity index (χ4n) is 2.85. The van der Waals surface area contributed by atoms with Crippen LogP contribution in [0, 0.1) is 5.82 Å². The zero-order chi connectivity index (χ0) is 25.1. The van der Waals surface area contributed by atoms with Crippen molar-refractivity contribution >= 4 is 73.1 Å². The molecule has 0 fully saturated rings. The normalized spacial score (nSPS) is 11.3. The summed E-state index contributed by atoms with van der Waals surface area (Å²) >= 11 is -0.750. The van der Waals surface area contributed by atoms with E-state index in [9.17, 15) is 24.2 Å². The van der Waals surface area contributed by atoms with Crippen LogP contribution in [0.1, 0.15) is 43.9 Å². The van der Waals surface area contributed by atoms with Gasteiger partial charge in [0.05, 0.1) is 17.5 Å². The molecule has 0 saturated heterocycles. The molecule has 0 unspecified atom stereocenters. The first-order chi connectivity index (χ1) is 15.5. The Hall–Kier alpha value is -2.05. The molecule has 1 atom stereocenters. The largest absolute Gasteiger partial charge is 2.00 e. The monoisotopic (exact) mass is 518 g/mol. The number of aliphatic hydroxyl groups is 1. The molecule has 9 nitrogen and oxygen atoms in total. The van der Waals surface area contributed by atoms with Crippen molar-refractivity contribution < 1.29 is 32.6 Å². The number of benzene rings is 1. The Balaban J connectivity index is 0.00000258. The standard InChI is InChI=1S/C22H26FN3O4.Ca.O2S/c1-13(2)20-18(10-9-16(27)11-17(28)12-19(29)30)21(25-22(24-20)26(3)4)14-5-7-15(23)8-6-14;;1-3-2/h5-10,13,17,28H,11-12H2,1-4H3,(H,29,30);;/q;+2;/p-1/b10-9+;;/t17-;;/m1../s1. The van der Waals surface area contributed by atoms with E-state index in [1.165, 1.54) is 18.2 Å². The van der Waals surface area contributed by atoms with E-state index < -0.39 is 35.8 Å². The minimum atomic E-state index is -1.42. The molecule has 0 aliphatic heterocycles. The molecule has 2 aromatic rings. The average molecular weight is 519 g/mol. The molecule has 1 aromatic carbocycles. The summed E-state index contributed by atoms with van der Waals surface area (Å²) in [6.07, 6.45) is 0.551. The van der Waals surface area contributed by atoms with Gasteiger partial charge in [0.25, 0.3) is 0 Å². The molecule has 0 radical (unpaired) electrons. The van der Waals surface area contributed by atoms with Crippen LogP contribution < -0.4 is 10.0 Å². The molecule has 0 amide bonds. The van der Waals surface area contributed by atoms with E-state index in [0.717, 1.165) is 0 Å². The maximum atomic E-state index is 13.4. The Labute approximate surface area is 230 Å². The first kappa shape index (κ1) is 31.9. The van der Waals surface area contributed by atoms with E-state index in [-0.39, 0.29) is 55.9 Å². The number of hydrogen-bond acceptors (Lipinski definition) is 9. The number of aliphatic carboxylic acids is 1. The number of nitrogens with zero attached hydrogens (tertiary/aromatic N) is 3. The molecule has 1 heterocycles. The number of anilines is 1. The van der Waals surface area contributed by atoms with E-state index in [1.807, 2.05) is 27.9 Å². The van der Waals surface area contributed by atoms with Gasteiger partial charge in [-0.15, -0.1) is 0 Å². The van der Waals surface area contributed by atoms with Gasteiger partial charge in [-0.1, -0.05) is 13.8 Å². The first-order valence-electron chi connectivity index (χ1n) is 9.85. The molecule has 12 heteroatoms. The molecule has 0 aliphatic carbocycles. The van der Waals surface area contributed by atoms with Crippen molar-refractivity contribution in [3.8, 4) is 11.3 Å². The second-order valence-electron chi connectivity index (χ2n) is 7.53. The number of aromatic nitrogens is 2. The second-order valence-corrected chi connectivity index (χ2v) is 7.67. The van der Waals surface area contributed by atoms with Crippen LogP contribution in [0.15, 0.2) is 30.3 Å². The van der Waals surface area contributed by atoms with Crippen molar-refractivity contribution in [3.63, 3.8) is 0 Å². The zero-order valence-corrected chi connectivity index (χ0v) is 22.4. The number of carboxylic acids is 1. The van der Waals surface area contributed by atoms with Gasteiger partial charge in [0.15, 0.2) is 5.78 Å². The van der Waals surface area contributed by atoms with Crippen LogP contribution in [0.4, 0.5) is 10.3 Å². The molecule has 1 aromatic heterocycles. The SMILES string of the molecule is CC(C)c1nc(N(C)C)nc(-c2ccc(F)cc2)c1/C=C/C(=O)C[C@@H](O)CC(=O)[O-].O=S=O.[Ca+2]. The third-order valence-electron chi connectivity index (χ3n) is 4.30. The molecular formula is C22H25CaFN3O6S+. The molecule has 34 heavy (non-hydrogen) atoms. The van der Waals surface area contributed by atoms with Gasteiger partial charge in [-0.2, -0.15) is 8.42 Å². The predicted molar refractivity (Wildman–Crippen MR) is 125 cm³/mol. The number of halogens is 1. The molecule has 0 aliphatic rings. The topological polar surface area (TPSA) is 141 Å². The van der Waals surface area contributed by atoms with Crippen molar-refractivity contribution in [2.45, 2.75) is 38.7 Å². The van der Waals surface area contributed by atoms with Crippen LogP contribution >= 0.6 is 0 Å². The van der Waals surface area contributed by atoms with E-state index in [1.54, 1.807) is 23.1 Å². The average Bonchev–Trinajstić information content (AvgIpc) is 2.72. The zero-order valence-electron chi connectivity index (χ0n) is 19.4. The van der Waals surface area contributed by atoms with Crippen LogP contribution in [0.5, 0.6) is 0 Å². The van der Waals surface area contributed by atoms with Crippen LogP contribution in [0.3, 0.4) is 0 Å². The Morgan fingerprint density at radius 3 is 2.18 bits per heavy atom. The number of hydrogen-bond donors (Lipinski definition) is 1.